The van der Waals surface area contributed by atoms with E-state index in [2.05, 4.69) is 10.00 Å². The predicted octanol–water partition coefficient (Wildman–Crippen LogP) is 6.04. The molecule has 0 N–H and O–H groups in total. The van der Waals surface area contributed by atoms with Crippen molar-refractivity contribution in [3.8, 4) is 11.1 Å². The molecule has 0 aliphatic carbocycles. The average molecular weight is 535 g/mol. The zero-order chi connectivity index (χ0) is 25.4. The first-order chi connectivity index (χ1) is 17.2. The number of nitrogens with zero attached hydrogens (tertiary/aromatic N) is 4. The van der Waals surface area contributed by atoms with Gasteiger partial charge in [-0.3, -0.25) is 14.4 Å². The summed E-state index contributed by atoms with van der Waals surface area (Å²) in [6.45, 7) is 5.70. The summed E-state index contributed by atoms with van der Waals surface area (Å²) in [5, 5.41) is 3.81. The van der Waals surface area contributed by atoms with Gasteiger partial charge >= 0.3 is 6.18 Å². The Balaban J connectivity index is 1.52. The van der Waals surface area contributed by atoms with Gasteiger partial charge in [-0.1, -0.05) is 41.9 Å². The number of amides is 1. The number of benzene rings is 1. The van der Waals surface area contributed by atoms with E-state index in [9.17, 15) is 18.0 Å². The summed E-state index contributed by atoms with van der Waals surface area (Å²) in [6.07, 6.45) is 1.54. The lowest BCUT2D eigenvalue weighted by atomic mass is 9.84. The van der Waals surface area contributed by atoms with Crippen molar-refractivity contribution in [1.29, 1.82) is 0 Å². The van der Waals surface area contributed by atoms with Gasteiger partial charge in [-0.25, -0.2) is 0 Å². The van der Waals surface area contributed by atoms with Gasteiger partial charge in [0.05, 0.1) is 10.9 Å². The number of rotatable bonds is 6. The normalized spacial score (nSPS) is 18.5. The van der Waals surface area contributed by atoms with E-state index in [0.29, 0.717) is 29.5 Å². The van der Waals surface area contributed by atoms with Crippen LogP contribution in [0.15, 0.2) is 48.7 Å². The molecule has 1 saturated heterocycles. The highest BCUT2D eigenvalue weighted by atomic mass is 35.5. The minimum absolute atomic E-state index is 0.0423. The summed E-state index contributed by atoms with van der Waals surface area (Å²) < 4.78 is 43.7. The number of hydrogen-bond acceptors (Lipinski definition) is 4. The summed E-state index contributed by atoms with van der Waals surface area (Å²) in [5.74, 6) is -0.421. The van der Waals surface area contributed by atoms with Crippen LogP contribution in [0.3, 0.4) is 0 Å². The second kappa shape index (κ2) is 10.0. The van der Waals surface area contributed by atoms with Gasteiger partial charge in [0.25, 0.3) is 0 Å². The molecule has 0 spiro atoms. The number of carbonyl (C=O) groups is 1. The van der Waals surface area contributed by atoms with E-state index >= 15 is 0 Å². The molecule has 5 rings (SSSR count). The van der Waals surface area contributed by atoms with Crippen molar-refractivity contribution in [2.75, 3.05) is 26.2 Å². The van der Waals surface area contributed by atoms with E-state index in [0.717, 1.165) is 35.6 Å². The molecule has 1 atom stereocenters. The number of aryl methyl sites for hydroxylation is 1. The highest BCUT2D eigenvalue weighted by molar-refractivity contribution is 7.16. The van der Waals surface area contributed by atoms with Crippen molar-refractivity contribution in [2.24, 2.45) is 0 Å². The first kappa shape index (κ1) is 25.0. The number of alkyl halides is 3. The van der Waals surface area contributed by atoms with E-state index in [1.165, 1.54) is 28.6 Å². The van der Waals surface area contributed by atoms with Crippen molar-refractivity contribution >= 4 is 28.8 Å². The Morgan fingerprint density at radius 1 is 1.22 bits per heavy atom. The molecule has 1 aromatic carbocycles. The molecule has 1 amide bonds. The molecule has 2 aliphatic heterocycles. The Hall–Kier alpha value is -2.62. The maximum Gasteiger partial charge on any atom is 0.435 e. The van der Waals surface area contributed by atoms with Crippen molar-refractivity contribution in [1.82, 2.24) is 19.6 Å². The predicted molar refractivity (Wildman–Crippen MR) is 135 cm³/mol. The van der Waals surface area contributed by atoms with Crippen LogP contribution in [0.2, 0.25) is 4.34 Å². The van der Waals surface area contributed by atoms with Gasteiger partial charge in [0, 0.05) is 48.3 Å². The largest absolute Gasteiger partial charge is 0.435 e. The van der Waals surface area contributed by atoms with Gasteiger partial charge in [0.15, 0.2) is 5.69 Å². The Labute approximate surface area is 216 Å². The van der Waals surface area contributed by atoms with Gasteiger partial charge in [-0.15, -0.1) is 11.3 Å². The Morgan fingerprint density at radius 2 is 2.00 bits per heavy atom. The quantitative estimate of drug-likeness (QED) is 0.362. The van der Waals surface area contributed by atoms with Crippen LogP contribution in [-0.2, 0) is 24.1 Å². The molecule has 2 aromatic heterocycles. The van der Waals surface area contributed by atoms with Gasteiger partial charge < -0.3 is 4.90 Å². The molecule has 0 unspecified atom stereocenters. The fourth-order valence-electron chi connectivity index (χ4n) is 4.83. The van der Waals surface area contributed by atoms with E-state index in [-0.39, 0.29) is 17.4 Å². The molecular weight excluding hydrogens is 509 g/mol. The molecule has 0 bridgehead atoms. The van der Waals surface area contributed by atoms with E-state index in [4.69, 9.17) is 11.6 Å². The molecule has 1 fully saturated rings. The van der Waals surface area contributed by atoms with Crippen LogP contribution >= 0.6 is 22.9 Å². The second-order valence-electron chi connectivity index (χ2n) is 9.09. The number of carbonyl (C=O) groups excluding carboxylic acids is 1. The lowest BCUT2D eigenvalue weighted by Crippen LogP contribution is -2.38. The Bertz CT molecular complexity index is 1290. The van der Waals surface area contributed by atoms with Gasteiger partial charge in [0.1, 0.15) is 0 Å². The smallest absolute Gasteiger partial charge is 0.333 e. The van der Waals surface area contributed by atoms with Crippen molar-refractivity contribution in [3.05, 3.63) is 74.7 Å². The minimum atomic E-state index is -4.59. The molecule has 0 radical (unpaired) electrons. The number of likely N-dealkylation sites (tertiary alicyclic amines) is 1. The first-order valence-electron chi connectivity index (χ1n) is 11.9. The fourth-order valence-corrected chi connectivity index (χ4v) is 6.18. The van der Waals surface area contributed by atoms with Gasteiger partial charge in [-0.05, 0) is 49.2 Å². The average Bonchev–Trinajstić information content (AvgIpc) is 3.42. The zero-order valence-electron chi connectivity index (χ0n) is 19.8. The van der Waals surface area contributed by atoms with Crippen LogP contribution in [0.25, 0.3) is 11.1 Å². The van der Waals surface area contributed by atoms with Crippen LogP contribution in [0.1, 0.15) is 41.0 Å². The van der Waals surface area contributed by atoms with Gasteiger partial charge in [0.2, 0.25) is 5.91 Å². The van der Waals surface area contributed by atoms with Crippen LogP contribution in [-0.4, -0.2) is 51.7 Å². The number of fused-ring (bicyclic) bond motifs is 1. The second-order valence-corrected chi connectivity index (χ2v) is 10.9. The number of halogens is 4. The summed E-state index contributed by atoms with van der Waals surface area (Å²) in [5.41, 5.74) is 1.28. The van der Waals surface area contributed by atoms with E-state index < -0.39 is 11.9 Å². The van der Waals surface area contributed by atoms with Crippen molar-refractivity contribution in [3.63, 3.8) is 0 Å². The van der Waals surface area contributed by atoms with Crippen LogP contribution in [0, 0.1) is 0 Å². The maximum absolute atomic E-state index is 13.9. The lowest BCUT2D eigenvalue weighted by molar-refractivity contribution is -0.141. The number of aromatic nitrogens is 2. The monoisotopic (exact) mass is 534 g/mol. The molecule has 5 nitrogen and oxygen atoms in total. The van der Waals surface area contributed by atoms with Crippen LogP contribution < -0.4 is 0 Å². The third kappa shape index (κ3) is 4.96. The van der Waals surface area contributed by atoms with E-state index in [1.807, 2.05) is 24.3 Å². The molecule has 4 heterocycles. The Morgan fingerprint density at radius 3 is 2.69 bits per heavy atom. The summed E-state index contributed by atoms with van der Waals surface area (Å²) >= 11 is 7.78. The molecule has 36 heavy (non-hydrogen) atoms. The zero-order valence-corrected chi connectivity index (χ0v) is 21.3. The molecular formula is C26H26ClF3N4OS. The summed E-state index contributed by atoms with van der Waals surface area (Å²) in [4.78, 5) is 18.1. The highest BCUT2D eigenvalue weighted by Crippen LogP contribution is 2.45. The molecule has 3 aromatic rings. The molecule has 190 valence electrons. The van der Waals surface area contributed by atoms with Gasteiger partial charge in [-0.2, -0.15) is 18.3 Å². The fraction of sp³-hybridized carbons (Fsp3) is 0.385. The van der Waals surface area contributed by atoms with E-state index in [1.54, 1.807) is 30.0 Å². The highest BCUT2D eigenvalue weighted by Gasteiger charge is 2.39. The molecule has 10 heteroatoms. The third-order valence-corrected chi connectivity index (χ3v) is 8.05. The lowest BCUT2D eigenvalue weighted by Gasteiger charge is -2.33. The molecule has 2 aliphatic rings. The SMILES string of the molecule is CCn1cc(-c2ccccc2[C@@H]2CN(C(=O)/C=C/CN3CCC3)Cc3sc(Cl)cc32)c(C(F)(F)F)n1. The number of hydrogen-bond donors (Lipinski definition) is 0. The standard InChI is InChI=1S/C26H26ClF3N4OS/c1-2-34-15-21(25(31-34)26(28,29)30)18-8-4-3-7-17(18)20-14-33(16-22-19(20)13-23(27)36-22)24(35)9-5-10-32-11-6-12-32/h3-5,7-9,13,15,20H,2,6,10-12,14,16H2,1H3/b9-5+/t20-/m0/s1. The Kier molecular flexibility index (Phi) is 6.98. The van der Waals surface area contributed by atoms with Crippen LogP contribution in [0.4, 0.5) is 13.2 Å². The van der Waals surface area contributed by atoms with Crippen molar-refractivity contribution in [2.45, 2.75) is 38.5 Å². The maximum atomic E-state index is 13.9. The third-order valence-electron chi connectivity index (χ3n) is 6.79. The van der Waals surface area contributed by atoms with Crippen LogP contribution in [0.5, 0.6) is 0 Å². The number of thiophene rings is 1. The minimum Gasteiger partial charge on any atom is -0.333 e. The topological polar surface area (TPSA) is 41.4 Å². The summed E-state index contributed by atoms with van der Waals surface area (Å²) in [6, 6.07) is 8.96. The molecule has 0 saturated carbocycles. The summed E-state index contributed by atoms with van der Waals surface area (Å²) in [7, 11) is 0. The first-order valence-corrected chi connectivity index (χ1v) is 13.1. The van der Waals surface area contributed by atoms with Crippen molar-refractivity contribution < 1.29 is 18.0 Å².